The van der Waals surface area contributed by atoms with E-state index in [1.165, 1.54) is 0 Å². The molecule has 21 heavy (non-hydrogen) atoms. The van der Waals surface area contributed by atoms with Crippen LogP contribution in [0.1, 0.15) is 37.6 Å². The molecule has 0 spiro atoms. The van der Waals surface area contributed by atoms with Gasteiger partial charge < -0.3 is 15.7 Å². The summed E-state index contributed by atoms with van der Waals surface area (Å²) in [5.41, 5.74) is -1.22. The Hall–Kier alpha value is -2.18. The third-order valence-corrected chi connectivity index (χ3v) is 3.22. The summed E-state index contributed by atoms with van der Waals surface area (Å²) in [6.07, 6.45) is 0.835. The molecule has 0 radical (unpaired) electrons. The van der Waals surface area contributed by atoms with Crippen LogP contribution in [0.3, 0.4) is 0 Å². The molecule has 3 N–H and O–H groups in total. The molecule has 0 saturated carbocycles. The Morgan fingerprint density at radius 2 is 1.86 bits per heavy atom. The second-order valence-corrected chi connectivity index (χ2v) is 5.44. The molecule has 7 heteroatoms. The number of carbonyl (C=O) groups is 2. The van der Waals surface area contributed by atoms with Crippen LogP contribution in [-0.2, 0) is 0 Å². The predicted octanol–water partition coefficient (Wildman–Crippen LogP) is 3.22. The molecule has 0 aliphatic carbocycles. The van der Waals surface area contributed by atoms with Gasteiger partial charge in [0.2, 0.25) is 0 Å². The smallest absolute Gasteiger partial charge is 0.338 e. The number of rotatable bonds is 5. The maximum atomic E-state index is 13.5. The van der Waals surface area contributed by atoms with Gasteiger partial charge in [0, 0.05) is 12.6 Å². The van der Waals surface area contributed by atoms with Gasteiger partial charge in [0.25, 0.3) is 0 Å². The van der Waals surface area contributed by atoms with Gasteiger partial charge in [-0.25, -0.2) is 18.4 Å². The van der Waals surface area contributed by atoms with Crippen LogP contribution in [0.25, 0.3) is 0 Å². The number of nitrogens with one attached hydrogen (secondary N) is 2. The number of carboxylic acids is 1. The molecule has 0 saturated heterocycles. The topological polar surface area (TPSA) is 78.4 Å². The van der Waals surface area contributed by atoms with Crippen molar-refractivity contribution in [2.75, 3.05) is 11.9 Å². The number of halogens is 2. The molecule has 0 unspecified atom stereocenters. The lowest BCUT2D eigenvalue weighted by Gasteiger charge is -2.23. The minimum absolute atomic E-state index is 0.120. The summed E-state index contributed by atoms with van der Waals surface area (Å²) in [6.45, 7) is 6.24. The second kappa shape index (κ2) is 6.51. The van der Waals surface area contributed by atoms with Gasteiger partial charge in [-0.1, -0.05) is 20.8 Å². The molecule has 0 bridgehead atoms. The fourth-order valence-corrected chi connectivity index (χ4v) is 1.42. The highest BCUT2D eigenvalue weighted by atomic mass is 19.1. The highest BCUT2D eigenvalue weighted by Crippen LogP contribution is 2.20. The van der Waals surface area contributed by atoms with Crippen molar-refractivity contribution in [2.45, 2.75) is 27.2 Å². The molecule has 0 heterocycles. The largest absolute Gasteiger partial charge is 0.478 e. The molecule has 5 nitrogen and oxygen atoms in total. The number of hydrogen-bond acceptors (Lipinski definition) is 2. The Kier molecular flexibility index (Phi) is 5.23. The lowest BCUT2D eigenvalue weighted by molar-refractivity contribution is 0.0692. The molecular weight excluding hydrogens is 282 g/mol. The average Bonchev–Trinajstić information content (AvgIpc) is 2.39. The van der Waals surface area contributed by atoms with E-state index in [1.807, 2.05) is 20.8 Å². The molecule has 1 rings (SSSR count). The summed E-state index contributed by atoms with van der Waals surface area (Å²) < 4.78 is 26.7. The zero-order valence-electron chi connectivity index (χ0n) is 12.1. The first-order valence-electron chi connectivity index (χ1n) is 6.43. The number of anilines is 1. The quantitative estimate of drug-likeness (QED) is 0.781. The van der Waals surface area contributed by atoms with E-state index in [9.17, 15) is 18.4 Å². The third-order valence-electron chi connectivity index (χ3n) is 3.22. The predicted molar refractivity (Wildman–Crippen MR) is 74.4 cm³/mol. The Labute approximate surface area is 121 Å². The van der Waals surface area contributed by atoms with Crippen LogP contribution in [-0.4, -0.2) is 23.7 Å². The zero-order valence-corrected chi connectivity index (χ0v) is 12.1. The number of aromatic carboxylic acids is 1. The first-order valence-corrected chi connectivity index (χ1v) is 6.43. The minimum atomic E-state index is -1.54. The normalized spacial score (nSPS) is 11.1. The maximum absolute atomic E-state index is 13.5. The van der Waals surface area contributed by atoms with Crippen molar-refractivity contribution in [3.8, 4) is 0 Å². The summed E-state index contributed by atoms with van der Waals surface area (Å²) in [4.78, 5) is 22.4. The Morgan fingerprint density at radius 3 is 2.38 bits per heavy atom. The van der Waals surface area contributed by atoms with Crippen LogP contribution in [0, 0.1) is 17.0 Å². The van der Waals surface area contributed by atoms with Gasteiger partial charge in [-0.05, 0) is 17.9 Å². The summed E-state index contributed by atoms with van der Waals surface area (Å²) in [7, 11) is 0. The highest BCUT2D eigenvalue weighted by molar-refractivity contribution is 5.93. The van der Waals surface area contributed by atoms with Crippen molar-refractivity contribution in [1.29, 1.82) is 0 Å². The van der Waals surface area contributed by atoms with E-state index in [1.54, 1.807) is 0 Å². The number of carboxylic acid groups (broad SMARTS) is 1. The number of urea groups is 1. The third kappa shape index (κ3) is 4.70. The van der Waals surface area contributed by atoms with E-state index in [0.29, 0.717) is 12.6 Å². The van der Waals surface area contributed by atoms with Crippen molar-refractivity contribution in [3.05, 3.63) is 29.3 Å². The molecule has 0 aliphatic heterocycles. The fraction of sp³-hybridized carbons (Fsp3) is 0.429. The minimum Gasteiger partial charge on any atom is -0.478 e. The summed E-state index contributed by atoms with van der Waals surface area (Å²) in [6, 6.07) is 0.491. The SMILES string of the molecule is CCC(C)(C)CNC(=O)Nc1cc(C(=O)O)c(F)cc1F. The van der Waals surface area contributed by atoms with Gasteiger partial charge in [-0.3, -0.25) is 0 Å². The van der Waals surface area contributed by atoms with E-state index < -0.39 is 29.2 Å². The molecule has 0 fully saturated rings. The van der Waals surface area contributed by atoms with Crippen LogP contribution in [0.15, 0.2) is 12.1 Å². The first kappa shape index (κ1) is 16.9. The second-order valence-electron chi connectivity index (χ2n) is 5.44. The monoisotopic (exact) mass is 300 g/mol. The van der Waals surface area contributed by atoms with Crippen LogP contribution in [0.2, 0.25) is 0 Å². The van der Waals surface area contributed by atoms with Crippen LogP contribution >= 0.6 is 0 Å². The average molecular weight is 300 g/mol. The lowest BCUT2D eigenvalue weighted by atomic mass is 9.90. The van der Waals surface area contributed by atoms with Crippen molar-refractivity contribution < 1.29 is 23.5 Å². The molecular formula is C14H18F2N2O3. The van der Waals surface area contributed by atoms with E-state index in [4.69, 9.17) is 5.11 Å². The van der Waals surface area contributed by atoms with Crippen molar-refractivity contribution in [3.63, 3.8) is 0 Å². The highest BCUT2D eigenvalue weighted by Gasteiger charge is 2.19. The van der Waals surface area contributed by atoms with Crippen molar-refractivity contribution in [1.82, 2.24) is 5.32 Å². The molecule has 0 atom stereocenters. The molecule has 0 aromatic heterocycles. The molecule has 2 amide bonds. The maximum Gasteiger partial charge on any atom is 0.338 e. The fourth-order valence-electron chi connectivity index (χ4n) is 1.42. The molecule has 1 aromatic carbocycles. The number of benzene rings is 1. The van der Waals surface area contributed by atoms with E-state index in [-0.39, 0.29) is 11.1 Å². The van der Waals surface area contributed by atoms with E-state index in [0.717, 1.165) is 12.5 Å². The standard InChI is InChI=1S/C14H18F2N2O3/c1-4-14(2,3)7-17-13(21)18-11-5-8(12(19)20)9(15)6-10(11)16/h5-6H,4,7H2,1-3H3,(H,19,20)(H2,17,18,21). The van der Waals surface area contributed by atoms with Gasteiger partial charge in [-0.2, -0.15) is 0 Å². The van der Waals surface area contributed by atoms with Crippen LogP contribution < -0.4 is 10.6 Å². The Morgan fingerprint density at radius 1 is 1.24 bits per heavy atom. The molecule has 0 aliphatic rings. The van der Waals surface area contributed by atoms with Gasteiger partial charge in [0.05, 0.1) is 11.3 Å². The van der Waals surface area contributed by atoms with Gasteiger partial charge in [0.1, 0.15) is 11.6 Å². The van der Waals surface area contributed by atoms with Crippen LogP contribution in [0.4, 0.5) is 19.3 Å². The van der Waals surface area contributed by atoms with Gasteiger partial charge in [-0.15, -0.1) is 0 Å². The van der Waals surface area contributed by atoms with Crippen molar-refractivity contribution >= 4 is 17.7 Å². The number of carbonyl (C=O) groups excluding carboxylic acids is 1. The summed E-state index contributed by atoms with van der Waals surface area (Å²) >= 11 is 0. The van der Waals surface area contributed by atoms with Gasteiger partial charge >= 0.3 is 12.0 Å². The number of amides is 2. The first-order chi connectivity index (χ1) is 9.66. The van der Waals surface area contributed by atoms with Crippen molar-refractivity contribution in [2.24, 2.45) is 5.41 Å². The van der Waals surface area contributed by atoms with E-state index >= 15 is 0 Å². The van der Waals surface area contributed by atoms with Crippen LogP contribution in [0.5, 0.6) is 0 Å². The number of hydrogen-bond donors (Lipinski definition) is 3. The zero-order chi connectivity index (χ0) is 16.2. The van der Waals surface area contributed by atoms with Gasteiger partial charge in [0.15, 0.2) is 0 Å². The van der Waals surface area contributed by atoms with E-state index in [2.05, 4.69) is 10.6 Å². The Bertz CT molecular complexity index is 559. The molecule has 116 valence electrons. The summed E-state index contributed by atoms with van der Waals surface area (Å²) in [5, 5.41) is 13.5. The Balaban J connectivity index is 2.81. The summed E-state index contributed by atoms with van der Waals surface area (Å²) in [5.74, 6) is -3.77. The molecule has 1 aromatic rings. The lowest BCUT2D eigenvalue weighted by Crippen LogP contribution is -2.36.